The van der Waals surface area contributed by atoms with Crippen LogP contribution in [-0.2, 0) is 13.0 Å². The molecule has 2 aromatic rings. The van der Waals surface area contributed by atoms with Gasteiger partial charge < -0.3 is 9.52 Å². The molecule has 0 saturated heterocycles. The molecule has 5 heteroatoms. The summed E-state index contributed by atoms with van der Waals surface area (Å²) in [7, 11) is 0. The minimum atomic E-state index is -0.736. The Kier molecular flexibility index (Phi) is 5.32. The zero-order valence-electron chi connectivity index (χ0n) is 13.8. The second kappa shape index (κ2) is 7.03. The van der Waals surface area contributed by atoms with Crippen LogP contribution in [0.1, 0.15) is 43.7 Å². The molecule has 0 spiro atoms. The normalized spacial score (nSPS) is 12.1. The first kappa shape index (κ1) is 16.6. The average Bonchev–Trinajstić information content (AvgIpc) is 2.86. The molecule has 2 rings (SSSR count). The van der Waals surface area contributed by atoms with E-state index in [-0.39, 0.29) is 0 Å². The van der Waals surface area contributed by atoms with Gasteiger partial charge in [0.2, 0.25) is 11.8 Å². The van der Waals surface area contributed by atoms with Crippen molar-refractivity contribution in [2.45, 2.75) is 46.3 Å². The molecule has 0 saturated carbocycles. The molecule has 120 valence electrons. The van der Waals surface area contributed by atoms with E-state index in [0.29, 0.717) is 31.3 Å². The van der Waals surface area contributed by atoms with Crippen LogP contribution in [-0.4, -0.2) is 38.9 Å². The first-order valence-electron chi connectivity index (χ1n) is 7.68. The van der Waals surface area contributed by atoms with Gasteiger partial charge in [-0.3, -0.25) is 4.90 Å². The Bertz CT molecular complexity index is 602. The number of likely N-dealkylation sites (N-methyl/N-ethyl adjacent to an activating group) is 1. The molecule has 0 aliphatic heterocycles. The average molecular weight is 303 g/mol. The van der Waals surface area contributed by atoms with Gasteiger partial charge in [0.15, 0.2) is 0 Å². The van der Waals surface area contributed by atoms with Crippen molar-refractivity contribution in [2.24, 2.45) is 0 Å². The van der Waals surface area contributed by atoms with Crippen LogP contribution in [0.5, 0.6) is 0 Å². The molecule has 0 amide bonds. The zero-order valence-corrected chi connectivity index (χ0v) is 13.8. The summed E-state index contributed by atoms with van der Waals surface area (Å²) in [5, 5.41) is 18.2. The summed E-state index contributed by atoms with van der Waals surface area (Å²) < 4.78 is 5.74. The van der Waals surface area contributed by atoms with Crippen LogP contribution < -0.4 is 0 Å². The molecule has 1 aromatic heterocycles. The maximum atomic E-state index is 9.92. The molecule has 22 heavy (non-hydrogen) atoms. The molecule has 0 atom stereocenters. The molecule has 0 unspecified atom stereocenters. The third-order valence-electron chi connectivity index (χ3n) is 3.53. The van der Waals surface area contributed by atoms with Crippen LogP contribution >= 0.6 is 0 Å². The lowest BCUT2D eigenvalue weighted by Crippen LogP contribution is -2.38. The standard InChI is InChI=1S/C17H25N3O2/c1-5-20(12-17(3,4)21)11-16-19-18-15(22-16)10-14-9-7-6-8-13(14)2/h6-9,21H,5,10-12H2,1-4H3. The van der Waals surface area contributed by atoms with Crippen molar-refractivity contribution in [3.63, 3.8) is 0 Å². The fraction of sp³-hybridized carbons (Fsp3) is 0.529. The van der Waals surface area contributed by atoms with Gasteiger partial charge in [0, 0.05) is 6.54 Å². The quantitative estimate of drug-likeness (QED) is 0.851. The molecule has 0 aliphatic carbocycles. The lowest BCUT2D eigenvalue weighted by Gasteiger charge is -2.26. The molecule has 0 radical (unpaired) electrons. The summed E-state index contributed by atoms with van der Waals surface area (Å²) in [6, 6.07) is 8.19. The van der Waals surface area contributed by atoms with E-state index in [9.17, 15) is 5.11 Å². The SMILES string of the molecule is CCN(Cc1nnc(Cc2ccccc2C)o1)CC(C)(C)O. The fourth-order valence-electron chi connectivity index (χ4n) is 2.41. The number of aryl methyl sites for hydroxylation is 1. The Morgan fingerprint density at radius 1 is 1.18 bits per heavy atom. The van der Waals surface area contributed by atoms with Gasteiger partial charge in [-0.05, 0) is 38.4 Å². The maximum absolute atomic E-state index is 9.92. The fourth-order valence-corrected chi connectivity index (χ4v) is 2.41. The van der Waals surface area contributed by atoms with Gasteiger partial charge in [0.1, 0.15) is 0 Å². The number of hydrogen-bond acceptors (Lipinski definition) is 5. The Hall–Kier alpha value is -1.72. The Morgan fingerprint density at radius 2 is 1.86 bits per heavy atom. The molecular weight excluding hydrogens is 278 g/mol. The van der Waals surface area contributed by atoms with Gasteiger partial charge in [-0.2, -0.15) is 0 Å². The van der Waals surface area contributed by atoms with Gasteiger partial charge >= 0.3 is 0 Å². The van der Waals surface area contributed by atoms with Crippen molar-refractivity contribution < 1.29 is 9.52 Å². The molecule has 0 bridgehead atoms. The zero-order chi connectivity index (χ0) is 16.2. The Labute approximate surface area is 132 Å². The smallest absolute Gasteiger partial charge is 0.230 e. The highest BCUT2D eigenvalue weighted by atomic mass is 16.4. The Morgan fingerprint density at radius 3 is 2.50 bits per heavy atom. The summed E-state index contributed by atoms with van der Waals surface area (Å²) in [6.45, 7) is 9.67. The minimum Gasteiger partial charge on any atom is -0.424 e. The molecule has 1 heterocycles. The van der Waals surface area contributed by atoms with Crippen molar-refractivity contribution in [1.82, 2.24) is 15.1 Å². The highest BCUT2D eigenvalue weighted by Gasteiger charge is 2.19. The summed E-state index contributed by atoms with van der Waals surface area (Å²) in [5.41, 5.74) is 1.68. The highest BCUT2D eigenvalue weighted by molar-refractivity contribution is 5.27. The lowest BCUT2D eigenvalue weighted by atomic mass is 10.1. The monoisotopic (exact) mass is 303 g/mol. The van der Waals surface area contributed by atoms with Crippen LogP contribution in [0.15, 0.2) is 28.7 Å². The summed E-state index contributed by atoms with van der Waals surface area (Å²) >= 11 is 0. The van der Waals surface area contributed by atoms with E-state index in [4.69, 9.17) is 4.42 Å². The number of hydrogen-bond donors (Lipinski definition) is 1. The maximum Gasteiger partial charge on any atom is 0.230 e. The second-order valence-electron chi connectivity index (χ2n) is 6.31. The van der Waals surface area contributed by atoms with Crippen LogP contribution in [0.2, 0.25) is 0 Å². The summed E-state index contributed by atoms with van der Waals surface area (Å²) in [5.74, 6) is 1.22. The highest BCUT2D eigenvalue weighted by Crippen LogP contribution is 2.14. The van der Waals surface area contributed by atoms with E-state index in [2.05, 4.69) is 41.1 Å². The van der Waals surface area contributed by atoms with E-state index in [1.54, 1.807) is 13.8 Å². The molecule has 5 nitrogen and oxygen atoms in total. The van der Waals surface area contributed by atoms with Crippen molar-refractivity contribution in [3.8, 4) is 0 Å². The van der Waals surface area contributed by atoms with Gasteiger partial charge in [-0.1, -0.05) is 31.2 Å². The predicted octanol–water partition coefficient (Wildman–Crippen LogP) is 2.56. The number of nitrogens with zero attached hydrogens (tertiary/aromatic N) is 3. The predicted molar refractivity (Wildman–Crippen MR) is 85.5 cm³/mol. The van der Waals surface area contributed by atoms with Crippen molar-refractivity contribution in [3.05, 3.63) is 47.2 Å². The van der Waals surface area contributed by atoms with E-state index in [0.717, 1.165) is 6.54 Å². The van der Waals surface area contributed by atoms with Crippen LogP contribution in [0.4, 0.5) is 0 Å². The van der Waals surface area contributed by atoms with Crippen molar-refractivity contribution in [2.75, 3.05) is 13.1 Å². The van der Waals surface area contributed by atoms with Crippen molar-refractivity contribution in [1.29, 1.82) is 0 Å². The third kappa shape index (κ3) is 4.93. The largest absolute Gasteiger partial charge is 0.424 e. The Balaban J connectivity index is 2.00. The second-order valence-corrected chi connectivity index (χ2v) is 6.31. The van der Waals surface area contributed by atoms with E-state index in [1.165, 1.54) is 11.1 Å². The third-order valence-corrected chi connectivity index (χ3v) is 3.53. The number of aliphatic hydroxyl groups is 1. The molecular formula is C17H25N3O2. The van der Waals surface area contributed by atoms with Gasteiger partial charge in [-0.15, -0.1) is 10.2 Å². The number of aromatic nitrogens is 2. The summed E-state index contributed by atoms with van der Waals surface area (Å²) in [6.07, 6.45) is 0.650. The van der Waals surface area contributed by atoms with Gasteiger partial charge in [0.25, 0.3) is 0 Å². The van der Waals surface area contributed by atoms with E-state index < -0.39 is 5.60 Å². The first-order valence-corrected chi connectivity index (χ1v) is 7.68. The number of rotatable bonds is 7. The topological polar surface area (TPSA) is 62.4 Å². The number of benzene rings is 1. The van der Waals surface area contributed by atoms with E-state index in [1.807, 2.05) is 12.1 Å². The van der Waals surface area contributed by atoms with E-state index >= 15 is 0 Å². The molecule has 1 aromatic carbocycles. The van der Waals surface area contributed by atoms with Gasteiger partial charge in [0.05, 0.1) is 18.6 Å². The minimum absolute atomic E-state index is 0.557. The molecule has 1 N–H and O–H groups in total. The van der Waals surface area contributed by atoms with Crippen LogP contribution in [0, 0.1) is 6.92 Å². The van der Waals surface area contributed by atoms with Gasteiger partial charge in [-0.25, -0.2) is 0 Å². The van der Waals surface area contributed by atoms with Crippen LogP contribution in [0.3, 0.4) is 0 Å². The first-order chi connectivity index (χ1) is 10.4. The van der Waals surface area contributed by atoms with Crippen LogP contribution in [0.25, 0.3) is 0 Å². The summed E-state index contributed by atoms with van der Waals surface area (Å²) in [4.78, 5) is 2.09. The lowest BCUT2D eigenvalue weighted by molar-refractivity contribution is 0.0327. The molecule has 0 aliphatic rings. The van der Waals surface area contributed by atoms with Crippen molar-refractivity contribution >= 4 is 0 Å². The molecule has 0 fully saturated rings.